The molecule has 0 spiro atoms. The van der Waals surface area contributed by atoms with Crippen molar-refractivity contribution in [1.82, 2.24) is 0 Å². The quantitative estimate of drug-likeness (QED) is 0.902. The Balaban J connectivity index is 2.58. The molecule has 1 aromatic heterocycles. The maximum absolute atomic E-state index is 11.0. The minimum Gasteiger partial charge on any atom is -0.228 e. The zero-order valence-electron chi connectivity index (χ0n) is 7.60. The number of hydrogen-bond acceptors (Lipinski definition) is 3. The molecule has 0 atom stereocenters. The molecule has 0 fully saturated rings. The molecule has 0 unspecified atom stereocenters. The SMILES string of the molecule is NS(=O)(=O)Cc1sc2ccccc2c1Cl. The third kappa shape index (κ3) is 2.31. The van der Waals surface area contributed by atoms with Gasteiger partial charge in [-0.1, -0.05) is 29.8 Å². The van der Waals surface area contributed by atoms with Gasteiger partial charge in [0, 0.05) is 15.0 Å². The summed E-state index contributed by atoms with van der Waals surface area (Å²) >= 11 is 7.41. The van der Waals surface area contributed by atoms with Crippen molar-refractivity contribution in [3.63, 3.8) is 0 Å². The molecule has 0 aliphatic rings. The molecule has 2 aromatic rings. The molecule has 2 N–H and O–H groups in total. The lowest BCUT2D eigenvalue weighted by Crippen LogP contribution is -2.13. The Bertz CT molecular complexity index is 604. The predicted molar refractivity (Wildman–Crippen MR) is 63.6 cm³/mol. The summed E-state index contributed by atoms with van der Waals surface area (Å²) in [7, 11) is -3.52. The van der Waals surface area contributed by atoms with Crippen LogP contribution >= 0.6 is 22.9 Å². The number of hydrogen-bond donors (Lipinski definition) is 1. The van der Waals surface area contributed by atoms with Crippen molar-refractivity contribution in [2.75, 3.05) is 0 Å². The average Bonchev–Trinajstić information content (AvgIpc) is 2.42. The Morgan fingerprint density at radius 1 is 1.33 bits per heavy atom. The standard InChI is InChI=1S/C9H8ClNO2S2/c10-9-6-3-1-2-4-7(6)14-8(9)5-15(11,12)13/h1-4H,5H2,(H2,11,12,13). The number of benzene rings is 1. The van der Waals surface area contributed by atoms with Crippen LogP contribution < -0.4 is 5.14 Å². The normalized spacial score (nSPS) is 12.1. The van der Waals surface area contributed by atoms with Gasteiger partial charge in [0.2, 0.25) is 10.0 Å². The van der Waals surface area contributed by atoms with E-state index in [9.17, 15) is 8.42 Å². The summed E-state index contributed by atoms with van der Waals surface area (Å²) < 4.78 is 22.9. The molecule has 0 saturated heterocycles. The highest BCUT2D eigenvalue weighted by Gasteiger charge is 2.14. The summed E-state index contributed by atoms with van der Waals surface area (Å²) in [6, 6.07) is 7.51. The maximum Gasteiger partial charge on any atom is 0.214 e. The summed E-state index contributed by atoms with van der Waals surface area (Å²) in [5.41, 5.74) is 0. The van der Waals surface area contributed by atoms with Crippen LogP contribution in [0, 0.1) is 0 Å². The van der Waals surface area contributed by atoms with Gasteiger partial charge < -0.3 is 0 Å². The minimum atomic E-state index is -3.52. The zero-order valence-corrected chi connectivity index (χ0v) is 9.99. The highest BCUT2D eigenvalue weighted by molar-refractivity contribution is 7.88. The average molecular weight is 262 g/mol. The Kier molecular flexibility index (Phi) is 2.72. The van der Waals surface area contributed by atoms with Crippen LogP contribution in [0.4, 0.5) is 0 Å². The Hall–Kier alpha value is -0.620. The third-order valence-corrected chi connectivity index (χ3v) is 4.52. The van der Waals surface area contributed by atoms with E-state index in [0.717, 1.165) is 10.1 Å². The van der Waals surface area contributed by atoms with Gasteiger partial charge in [-0.2, -0.15) is 0 Å². The van der Waals surface area contributed by atoms with E-state index in [4.69, 9.17) is 16.7 Å². The molecule has 15 heavy (non-hydrogen) atoms. The first-order chi connectivity index (χ1) is 6.97. The smallest absolute Gasteiger partial charge is 0.214 e. The fourth-order valence-corrected chi connectivity index (χ4v) is 3.95. The van der Waals surface area contributed by atoms with Gasteiger partial charge in [0.25, 0.3) is 0 Å². The van der Waals surface area contributed by atoms with E-state index >= 15 is 0 Å². The van der Waals surface area contributed by atoms with Crippen LogP contribution in [-0.4, -0.2) is 8.42 Å². The Morgan fingerprint density at radius 3 is 2.60 bits per heavy atom. The van der Waals surface area contributed by atoms with E-state index in [1.54, 1.807) is 0 Å². The number of primary sulfonamides is 1. The molecule has 1 heterocycles. The molecule has 0 aliphatic carbocycles. The van der Waals surface area contributed by atoms with Crippen LogP contribution in [0.5, 0.6) is 0 Å². The second-order valence-electron chi connectivity index (χ2n) is 3.14. The second-order valence-corrected chi connectivity index (χ2v) is 6.27. The monoisotopic (exact) mass is 261 g/mol. The van der Waals surface area contributed by atoms with Crippen LogP contribution in [0.15, 0.2) is 24.3 Å². The van der Waals surface area contributed by atoms with E-state index in [1.165, 1.54) is 11.3 Å². The van der Waals surface area contributed by atoms with Crippen LogP contribution in [0.2, 0.25) is 5.02 Å². The molecule has 6 heteroatoms. The molecule has 0 radical (unpaired) electrons. The zero-order chi connectivity index (χ0) is 11.1. The lowest BCUT2D eigenvalue weighted by Gasteiger charge is -1.94. The van der Waals surface area contributed by atoms with Gasteiger partial charge in [-0.05, 0) is 6.07 Å². The van der Waals surface area contributed by atoms with Crippen LogP contribution in [0.25, 0.3) is 10.1 Å². The van der Waals surface area contributed by atoms with E-state index in [2.05, 4.69) is 0 Å². The van der Waals surface area contributed by atoms with Gasteiger partial charge in [0.15, 0.2) is 0 Å². The first-order valence-electron chi connectivity index (χ1n) is 4.14. The van der Waals surface area contributed by atoms with Crippen LogP contribution in [-0.2, 0) is 15.8 Å². The summed E-state index contributed by atoms with van der Waals surface area (Å²) in [5, 5.41) is 6.35. The second kappa shape index (κ2) is 3.75. The third-order valence-electron chi connectivity index (χ3n) is 1.93. The minimum absolute atomic E-state index is 0.203. The van der Waals surface area contributed by atoms with Gasteiger partial charge in [-0.15, -0.1) is 11.3 Å². The van der Waals surface area contributed by atoms with E-state index in [1.807, 2.05) is 24.3 Å². The fraction of sp³-hybridized carbons (Fsp3) is 0.111. The van der Waals surface area contributed by atoms with Crippen molar-refractivity contribution >= 4 is 43.0 Å². The Morgan fingerprint density at radius 2 is 2.00 bits per heavy atom. The largest absolute Gasteiger partial charge is 0.228 e. The van der Waals surface area contributed by atoms with Gasteiger partial charge in [0.1, 0.15) is 0 Å². The maximum atomic E-state index is 11.0. The molecule has 80 valence electrons. The molecule has 2 rings (SSSR count). The number of sulfonamides is 1. The van der Waals surface area contributed by atoms with Gasteiger partial charge in [-0.25, -0.2) is 13.6 Å². The molecule has 3 nitrogen and oxygen atoms in total. The Labute approximate surface area is 96.5 Å². The van der Waals surface area contributed by atoms with Gasteiger partial charge in [0.05, 0.1) is 10.8 Å². The highest BCUT2D eigenvalue weighted by Crippen LogP contribution is 2.35. The highest BCUT2D eigenvalue weighted by atomic mass is 35.5. The summed E-state index contributed by atoms with van der Waals surface area (Å²) in [5.74, 6) is -0.203. The van der Waals surface area contributed by atoms with Gasteiger partial charge in [-0.3, -0.25) is 0 Å². The molecule has 0 saturated carbocycles. The summed E-state index contributed by atoms with van der Waals surface area (Å²) in [6.07, 6.45) is 0. The van der Waals surface area contributed by atoms with Crippen LogP contribution in [0.1, 0.15) is 4.88 Å². The number of nitrogens with two attached hydrogens (primary N) is 1. The number of fused-ring (bicyclic) bond motifs is 1. The first kappa shape index (κ1) is 10.9. The number of thiophene rings is 1. The number of halogens is 1. The lowest BCUT2D eigenvalue weighted by molar-refractivity contribution is 0.597. The molecule has 0 aliphatic heterocycles. The predicted octanol–water partition coefficient (Wildman–Crippen LogP) is 2.34. The van der Waals surface area contributed by atoms with Crippen molar-refractivity contribution in [2.24, 2.45) is 5.14 Å². The van der Waals surface area contributed by atoms with Crippen molar-refractivity contribution in [3.8, 4) is 0 Å². The molecule has 0 amide bonds. The van der Waals surface area contributed by atoms with Gasteiger partial charge >= 0.3 is 0 Å². The van der Waals surface area contributed by atoms with Crippen molar-refractivity contribution in [3.05, 3.63) is 34.2 Å². The summed E-state index contributed by atoms with van der Waals surface area (Å²) in [6.45, 7) is 0. The van der Waals surface area contributed by atoms with Crippen molar-refractivity contribution in [1.29, 1.82) is 0 Å². The van der Waals surface area contributed by atoms with Crippen molar-refractivity contribution in [2.45, 2.75) is 5.75 Å². The van der Waals surface area contributed by atoms with E-state index < -0.39 is 10.0 Å². The fourth-order valence-electron chi connectivity index (χ4n) is 1.34. The van der Waals surface area contributed by atoms with E-state index in [0.29, 0.717) is 9.90 Å². The topological polar surface area (TPSA) is 60.2 Å². The van der Waals surface area contributed by atoms with Crippen molar-refractivity contribution < 1.29 is 8.42 Å². The van der Waals surface area contributed by atoms with Crippen LogP contribution in [0.3, 0.4) is 0 Å². The molecule has 0 bridgehead atoms. The molecular weight excluding hydrogens is 254 g/mol. The van der Waals surface area contributed by atoms with E-state index in [-0.39, 0.29) is 5.75 Å². The molecule has 1 aromatic carbocycles. The number of rotatable bonds is 2. The lowest BCUT2D eigenvalue weighted by atomic mass is 10.2. The first-order valence-corrected chi connectivity index (χ1v) is 7.05. The summed E-state index contributed by atoms with van der Waals surface area (Å²) in [4.78, 5) is 0.598. The molecular formula is C9H8ClNO2S2.